The second-order valence-electron chi connectivity index (χ2n) is 3.80. The van der Waals surface area contributed by atoms with E-state index >= 15 is 0 Å². The van der Waals surface area contributed by atoms with Gasteiger partial charge in [0.2, 0.25) is 0 Å². The Morgan fingerprint density at radius 2 is 1.89 bits per heavy atom. The van der Waals surface area contributed by atoms with Gasteiger partial charge in [0.25, 0.3) is 5.91 Å². The molecule has 0 fully saturated rings. The van der Waals surface area contributed by atoms with Gasteiger partial charge in [-0.15, -0.1) is 11.3 Å². The molecule has 98 valence electrons. The predicted molar refractivity (Wildman–Crippen MR) is 74.5 cm³/mol. The monoisotopic (exact) mass is 276 g/mol. The van der Waals surface area contributed by atoms with Gasteiger partial charge in [-0.05, 0) is 31.2 Å². The summed E-state index contributed by atoms with van der Waals surface area (Å²) in [5.74, 6) is -0.250. The fourth-order valence-corrected chi connectivity index (χ4v) is 2.09. The number of hydrogen-bond donors (Lipinski definition) is 3. The zero-order valence-corrected chi connectivity index (χ0v) is 11.0. The maximum Gasteiger partial charge on any atom is 0.316 e. The average Bonchev–Trinajstić information content (AvgIpc) is 2.75. The lowest BCUT2D eigenvalue weighted by molar-refractivity contribution is 0.102. The highest BCUT2D eigenvalue weighted by Crippen LogP contribution is 2.18. The molecular formula is C12H12N4O2S. The number of nitrogens with two attached hydrogens (primary N) is 1. The summed E-state index contributed by atoms with van der Waals surface area (Å²) in [4.78, 5) is 27.6. The molecule has 0 saturated carbocycles. The molecule has 4 N–H and O–H groups in total. The summed E-state index contributed by atoms with van der Waals surface area (Å²) in [5, 5.41) is 5.67. The van der Waals surface area contributed by atoms with Crippen LogP contribution in [-0.2, 0) is 0 Å². The van der Waals surface area contributed by atoms with E-state index in [0.29, 0.717) is 16.4 Å². The van der Waals surface area contributed by atoms with Gasteiger partial charge in [0.15, 0.2) is 5.13 Å². The van der Waals surface area contributed by atoms with Crippen molar-refractivity contribution in [1.29, 1.82) is 0 Å². The molecule has 2 rings (SSSR count). The van der Waals surface area contributed by atoms with Crippen LogP contribution in [0.1, 0.15) is 15.2 Å². The zero-order valence-electron chi connectivity index (χ0n) is 10.1. The van der Waals surface area contributed by atoms with Gasteiger partial charge < -0.3 is 11.1 Å². The third kappa shape index (κ3) is 3.52. The molecule has 0 aliphatic carbocycles. The highest BCUT2D eigenvalue weighted by Gasteiger charge is 2.08. The van der Waals surface area contributed by atoms with Gasteiger partial charge in [0.1, 0.15) is 0 Å². The third-order valence-electron chi connectivity index (χ3n) is 2.26. The van der Waals surface area contributed by atoms with Crippen LogP contribution in [0.5, 0.6) is 0 Å². The van der Waals surface area contributed by atoms with Crippen molar-refractivity contribution in [2.24, 2.45) is 5.73 Å². The topological polar surface area (TPSA) is 97.1 Å². The molecule has 0 bridgehead atoms. The summed E-state index contributed by atoms with van der Waals surface area (Å²) in [6.45, 7) is 1.91. The molecule has 0 radical (unpaired) electrons. The highest BCUT2D eigenvalue weighted by molar-refractivity contribution is 7.15. The summed E-state index contributed by atoms with van der Waals surface area (Å²) in [6.07, 6.45) is 1.69. The number of nitrogens with one attached hydrogen (secondary N) is 2. The minimum atomic E-state index is -0.643. The molecule has 6 nitrogen and oxygen atoms in total. The van der Waals surface area contributed by atoms with Crippen molar-refractivity contribution in [2.45, 2.75) is 6.92 Å². The minimum absolute atomic E-state index is 0.250. The van der Waals surface area contributed by atoms with Gasteiger partial charge >= 0.3 is 6.03 Å². The number of carbonyl (C=O) groups is 2. The molecule has 0 aliphatic rings. The number of anilines is 2. The van der Waals surface area contributed by atoms with Crippen molar-refractivity contribution in [3.05, 3.63) is 40.9 Å². The number of carbonyl (C=O) groups excluding carboxylic acids is 2. The van der Waals surface area contributed by atoms with Gasteiger partial charge in [-0.25, -0.2) is 9.78 Å². The number of aromatic nitrogens is 1. The van der Waals surface area contributed by atoms with Crippen LogP contribution in [0, 0.1) is 6.92 Å². The number of hydrogen-bond acceptors (Lipinski definition) is 4. The lowest BCUT2D eigenvalue weighted by Crippen LogP contribution is -2.19. The summed E-state index contributed by atoms with van der Waals surface area (Å²) in [6, 6.07) is 5.76. The Kier molecular flexibility index (Phi) is 3.76. The smallest absolute Gasteiger partial charge is 0.316 e. The molecular weight excluding hydrogens is 264 g/mol. The number of thiazole rings is 1. The van der Waals surface area contributed by atoms with Crippen LogP contribution < -0.4 is 16.4 Å². The van der Waals surface area contributed by atoms with Gasteiger partial charge in [0, 0.05) is 22.3 Å². The first-order valence-corrected chi connectivity index (χ1v) is 6.26. The average molecular weight is 276 g/mol. The molecule has 0 saturated heterocycles. The standard InChI is InChI=1S/C12H12N4O2S/c1-7-6-14-12(19-7)16-10(17)8-2-4-9(5-3-8)15-11(13)18/h2-6H,1H3,(H3,13,15,18)(H,14,16,17). The lowest BCUT2D eigenvalue weighted by Gasteiger charge is -2.04. The van der Waals surface area contributed by atoms with E-state index in [1.807, 2.05) is 6.92 Å². The second kappa shape index (κ2) is 5.49. The molecule has 3 amide bonds. The molecule has 0 aliphatic heterocycles. The summed E-state index contributed by atoms with van der Waals surface area (Å²) >= 11 is 1.41. The fourth-order valence-electron chi connectivity index (χ4n) is 1.43. The lowest BCUT2D eigenvalue weighted by atomic mass is 10.2. The van der Waals surface area contributed by atoms with Crippen LogP contribution in [0.25, 0.3) is 0 Å². The quantitative estimate of drug-likeness (QED) is 0.801. The van der Waals surface area contributed by atoms with E-state index in [4.69, 9.17) is 5.73 Å². The molecule has 1 heterocycles. The van der Waals surface area contributed by atoms with Crippen LogP contribution in [0.2, 0.25) is 0 Å². The maximum absolute atomic E-state index is 11.9. The first kappa shape index (κ1) is 13.0. The van der Waals surface area contributed by atoms with Crippen LogP contribution in [0.3, 0.4) is 0 Å². The van der Waals surface area contributed by atoms with E-state index in [0.717, 1.165) is 4.88 Å². The Morgan fingerprint density at radius 3 is 2.42 bits per heavy atom. The Hall–Kier alpha value is -2.41. The van der Waals surface area contributed by atoms with Crippen molar-refractivity contribution in [3.63, 3.8) is 0 Å². The van der Waals surface area contributed by atoms with Crippen LogP contribution in [-0.4, -0.2) is 16.9 Å². The van der Waals surface area contributed by atoms with Crippen LogP contribution >= 0.6 is 11.3 Å². The van der Waals surface area contributed by atoms with Crippen molar-refractivity contribution in [3.8, 4) is 0 Å². The van der Waals surface area contributed by atoms with Gasteiger partial charge in [-0.1, -0.05) is 0 Å². The number of urea groups is 1. The van der Waals surface area contributed by atoms with E-state index in [1.165, 1.54) is 11.3 Å². The molecule has 1 aromatic heterocycles. The Labute approximate surface area is 113 Å². The van der Waals surface area contributed by atoms with Crippen molar-refractivity contribution in [1.82, 2.24) is 4.98 Å². The highest BCUT2D eigenvalue weighted by atomic mass is 32.1. The van der Waals surface area contributed by atoms with Crippen LogP contribution in [0.15, 0.2) is 30.5 Å². The number of amides is 3. The molecule has 2 aromatic rings. The van der Waals surface area contributed by atoms with Gasteiger partial charge in [-0.3, -0.25) is 10.1 Å². The SMILES string of the molecule is Cc1cnc(NC(=O)c2ccc(NC(N)=O)cc2)s1. The minimum Gasteiger partial charge on any atom is -0.351 e. The zero-order chi connectivity index (χ0) is 13.8. The maximum atomic E-state index is 11.9. The molecule has 1 aromatic carbocycles. The number of aryl methyl sites for hydroxylation is 1. The molecule has 0 spiro atoms. The molecule has 0 atom stereocenters. The summed E-state index contributed by atoms with van der Waals surface area (Å²) < 4.78 is 0. The molecule has 0 unspecified atom stereocenters. The van der Waals surface area contributed by atoms with E-state index in [1.54, 1.807) is 30.5 Å². The Balaban J connectivity index is 2.05. The van der Waals surface area contributed by atoms with Crippen molar-refractivity contribution >= 4 is 34.1 Å². The van der Waals surface area contributed by atoms with E-state index in [9.17, 15) is 9.59 Å². The van der Waals surface area contributed by atoms with Crippen LogP contribution in [0.4, 0.5) is 15.6 Å². The number of nitrogens with zero attached hydrogens (tertiary/aromatic N) is 1. The van der Waals surface area contributed by atoms with E-state index < -0.39 is 6.03 Å². The predicted octanol–water partition coefficient (Wildman–Crippen LogP) is 2.19. The normalized spacial score (nSPS) is 9.95. The third-order valence-corrected chi connectivity index (χ3v) is 3.08. The van der Waals surface area contributed by atoms with E-state index in [-0.39, 0.29) is 5.91 Å². The summed E-state index contributed by atoms with van der Waals surface area (Å²) in [5.41, 5.74) is 6.00. The number of rotatable bonds is 3. The van der Waals surface area contributed by atoms with Gasteiger partial charge in [0.05, 0.1) is 0 Å². The molecule has 19 heavy (non-hydrogen) atoms. The Morgan fingerprint density at radius 1 is 1.21 bits per heavy atom. The number of benzene rings is 1. The first-order valence-electron chi connectivity index (χ1n) is 5.45. The fraction of sp³-hybridized carbons (Fsp3) is 0.0833. The van der Waals surface area contributed by atoms with Gasteiger partial charge in [-0.2, -0.15) is 0 Å². The van der Waals surface area contributed by atoms with Crippen molar-refractivity contribution < 1.29 is 9.59 Å². The first-order chi connectivity index (χ1) is 9.04. The van der Waals surface area contributed by atoms with E-state index in [2.05, 4.69) is 15.6 Å². The Bertz CT molecular complexity index is 606. The second-order valence-corrected chi connectivity index (χ2v) is 5.03. The largest absolute Gasteiger partial charge is 0.351 e. The van der Waals surface area contributed by atoms with Crippen molar-refractivity contribution in [2.75, 3.05) is 10.6 Å². The number of primary amides is 1. The molecule has 7 heteroatoms. The summed E-state index contributed by atoms with van der Waals surface area (Å²) in [7, 11) is 0.